The lowest BCUT2D eigenvalue weighted by molar-refractivity contribution is -0.122. The Morgan fingerprint density at radius 1 is 0.714 bits per heavy atom. The Balaban J connectivity index is 1.47. The Bertz CT molecular complexity index is 1360. The lowest BCUT2D eigenvalue weighted by Gasteiger charge is -2.45. The summed E-state index contributed by atoms with van der Waals surface area (Å²) in [5, 5.41) is 0. The molecule has 0 spiro atoms. The monoisotopic (exact) mass is 486 g/mol. The van der Waals surface area contributed by atoms with Crippen LogP contribution in [0.25, 0.3) is 0 Å². The molecule has 3 aliphatic carbocycles. The highest BCUT2D eigenvalue weighted by Crippen LogP contribution is 2.61. The molecule has 1 saturated heterocycles. The molecule has 3 aromatic carbocycles. The van der Waals surface area contributed by atoms with Crippen LogP contribution in [0.5, 0.6) is 0 Å². The number of carbonyl (C=O) groups is 2. The molecule has 1 fully saturated rings. The molecule has 0 saturated carbocycles. The van der Waals surface area contributed by atoms with E-state index in [9.17, 15) is 18.0 Å². The van der Waals surface area contributed by atoms with Crippen molar-refractivity contribution in [2.75, 3.05) is 18.0 Å². The van der Waals surface area contributed by atoms with E-state index in [0.29, 0.717) is 18.8 Å². The molecule has 1 heterocycles. The van der Waals surface area contributed by atoms with Gasteiger partial charge in [0.25, 0.3) is 0 Å². The summed E-state index contributed by atoms with van der Waals surface area (Å²) in [6.45, 7) is 4.26. The number of imide groups is 1. The molecule has 0 aromatic heterocycles. The molecular formula is C28H26N2O4S. The van der Waals surface area contributed by atoms with Gasteiger partial charge in [-0.05, 0) is 40.5 Å². The van der Waals surface area contributed by atoms with Gasteiger partial charge >= 0.3 is 0 Å². The molecule has 3 aromatic rings. The number of sulfonamides is 1. The molecule has 178 valence electrons. The van der Waals surface area contributed by atoms with E-state index in [1.54, 1.807) is 26.0 Å². The molecule has 0 radical (unpaired) electrons. The van der Waals surface area contributed by atoms with Crippen LogP contribution in [-0.4, -0.2) is 37.6 Å². The van der Waals surface area contributed by atoms with Gasteiger partial charge < -0.3 is 0 Å². The van der Waals surface area contributed by atoms with E-state index >= 15 is 0 Å². The van der Waals surface area contributed by atoms with Crippen molar-refractivity contribution in [3.63, 3.8) is 0 Å². The van der Waals surface area contributed by atoms with E-state index in [1.165, 1.54) is 21.3 Å². The molecule has 1 aliphatic heterocycles. The second kappa shape index (κ2) is 7.86. The standard InChI is InChI=1S/C28H26N2O4S/c1-3-29(4-2)35(33,34)18-11-9-10-17(16-18)30-27(31)25-23-19-12-5-6-13-20(19)24(26(25)28(30)32)22-15-8-7-14-21(22)23/h5-16,23-26H,3-4H2,1-2H3. The summed E-state index contributed by atoms with van der Waals surface area (Å²) in [6, 6.07) is 22.4. The molecule has 4 aliphatic rings. The van der Waals surface area contributed by atoms with Crippen LogP contribution in [0.2, 0.25) is 0 Å². The Hall–Kier alpha value is -3.29. The van der Waals surface area contributed by atoms with Crippen LogP contribution in [0.4, 0.5) is 5.69 Å². The summed E-state index contributed by atoms with van der Waals surface area (Å²) in [6.07, 6.45) is 0. The third-order valence-electron chi connectivity index (χ3n) is 7.87. The van der Waals surface area contributed by atoms with Gasteiger partial charge in [0.15, 0.2) is 0 Å². The van der Waals surface area contributed by atoms with Crippen LogP contribution in [0, 0.1) is 11.8 Å². The van der Waals surface area contributed by atoms with Crippen molar-refractivity contribution in [2.24, 2.45) is 11.8 Å². The third-order valence-corrected chi connectivity index (χ3v) is 9.91. The second-order valence-electron chi connectivity index (χ2n) is 9.36. The molecule has 2 atom stereocenters. The fraction of sp³-hybridized carbons (Fsp3) is 0.286. The number of hydrogen-bond acceptors (Lipinski definition) is 4. The fourth-order valence-electron chi connectivity index (χ4n) is 6.43. The van der Waals surface area contributed by atoms with Crippen molar-refractivity contribution >= 4 is 27.5 Å². The predicted octanol–water partition coefficient (Wildman–Crippen LogP) is 4.11. The molecule has 7 rings (SSSR count). The Morgan fingerprint density at radius 2 is 1.17 bits per heavy atom. The minimum atomic E-state index is -3.73. The van der Waals surface area contributed by atoms with Gasteiger partial charge in [0.1, 0.15) is 0 Å². The molecule has 2 bridgehead atoms. The minimum absolute atomic E-state index is 0.0868. The van der Waals surface area contributed by atoms with Crippen LogP contribution >= 0.6 is 0 Å². The second-order valence-corrected chi connectivity index (χ2v) is 11.3. The number of carbonyl (C=O) groups excluding carboxylic acids is 2. The van der Waals surface area contributed by atoms with Gasteiger partial charge in [-0.3, -0.25) is 9.59 Å². The number of anilines is 1. The van der Waals surface area contributed by atoms with Gasteiger partial charge in [0.05, 0.1) is 22.4 Å². The third kappa shape index (κ3) is 2.95. The molecule has 6 nitrogen and oxygen atoms in total. The van der Waals surface area contributed by atoms with Crippen molar-refractivity contribution in [1.82, 2.24) is 4.31 Å². The SMILES string of the molecule is CCN(CC)S(=O)(=O)c1cccc(N2C(=O)C3C4c5ccccc5C(c5ccccc54)C3C2=O)c1. The fourth-order valence-corrected chi connectivity index (χ4v) is 7.93. The van der Waals surface area contributed by atoms with Crippen molar-refractivity contribution < 1.29 is 18.0 Å². The van der Waals surface area contributed by atoms with E-state index < -0.39 is 21.9 Å². The Kier molecular flexibility index (Phi) is 4.99. The first-order valence-electron chi connectivity index (χ1n) is 12.1. The summed E-state index contributed by atoms with van der Waals surface area (Å²) in [5.41, 5.74) is 4.75. The number of hydrogen-bond donors (Lipinski definition) is 0. The maximum absolute atomic E-state index is 13.9. The maximum atomic E-state index is 13.9. The summed E-state index contributed by atoms with van der Waals surface area (Å²) in [5.74, 6) is -1.89. The van der Waals surface area contributed by atoms with Crippen molar-refractivity contribution in [3.8, 4) is 0 Å². The van der Waals surface area contributed by atoms with Gasteiger partial charge in [0.2, 0.25) is 21.8 Å². The van der Waals surface area contributed by atoms with Crippen LogP contribution in [0.1, 0.15) is 47.9 Å². The number of benzene rings is 3. The van der Waals surface area contributed by atoms with E-state index in [1.807, 2.05) is 24.3 Å². The Morgan fingerprint density at radius 3 is 1.60 bits per heavy atom. The quantitative estimate of drug-likeness (QED) is 0.509. The van der Waals surface area contributed by atoms with Gasteiger partial charge in [0, 0.05) is 24.9 Å². The normalized spacial score (nSPS) is 24.5. The van der Waals surface area contributed by atoms with E-state index in [0.717, 1.165) is 22.3 Å². The maximum Gasteiger partial charge on any atom is 0.243 e. The van der Waals surface area contributed by atoms with E-state index in [4.69, 9.17) is 0 Å². The summed E-state index contributed by atoms with van der Waals surface area (Å²) < 4.78 is 27.6. The summed E-state index contributed by atoms with van der Waals surface area (Å²) >= 11 is 0. The molecule has 7 heteroatoms. The smallest absolute Gasteiger partial charge is 0.243 e. The molecular weight excluding hydrogens is 460 g/mol. The molecule has 35 heavy (non-hydrogen) atoms. The first-order valence-corrected chi connectivity index (χ1v) is 13.5. The lowest BCUT2D eigenvalue weighted by atomic mass is 9.55. The first-order chi connectivity index (χ1) is 16.9. The average molecular weight is 487 g/mol. The van der Waals surface area contributed by atoms with Gasteiger partial charge in [-0.1, -0.05) is 68.4 Å². The predicted molar refractivity (Wildman–Crippen MR) is 133 cm³/mol. The highest BCUT2D eigenvalue weighted by molar-refractivity contribution is 7.89. The van der Waals surface area contributed by atoms with Crippen molar-refractivity contribution in [1.29, 1.82) is 0 Å². The number of rotatable bonds is 5. The zero-order valence-corrected chi connectivity index (χ0v) is 20.4. The zero-order chi connectivity index (χ0) is 24.5. The first kappa shape index (κ1) is 22.2. The van der Waals surface area contributed by atoms with Crippen LogP contribution in [0.3, 0.4) is 0 Å². The van der Waals surface area contributed by atoms with E-state index in [-0.39, 0.29) is 28.5 Å². The zero-order valence-electron chi connectivity index (χ0n) is 19.6. The molecule has 2 unspecified atom stereocenters. The summed E-state index contributed by atoms with van der Waals surface area (Å²) in [7, 11) is -3.73. The van der Waals surface area contributed by atoms with Crippen molar-refractivity contribution in [2.45, 2.75) is 30.6 Å². The van der Waals surface area contributed by atoms with Crippen LogP contribution in [-0.2, 0) is 19.6 Å². The van der Waals surface area contributed by atoms with Gasteiger partial charge in [-0.15, -0.1) is 0 Å². The topological polar surface area (TPSA) is 74.8 Å². The highest BCUT2D eigenvalue weighted by atomic mass is 32.2. The van der Waals surface area contributed by atoms with Crippen LogP contribution in [0.15, 0.2) is 77.7 Å². The molecule has 0 N–H and O–H groups in total. The summed E-state index contributed by atoms with van der Waals surface area (Å²) in [4.78, 5) is 29.1. The highest BCUT2D eigenvalue weighted by Gasteiger charge is 2.61. The van der Waals surface area contributed by atoms with Crippen LogP contribution < -0.4 is 4.90 Å². The van der Waals surface area contributed by atoms with Gasteiger partial charge in [-0.2, -0.15) is 4.31 Å². The van der Waals surface area contributed by atoms with E-state index in [2.05, 4.69) is 24.3 Å². The lowest BCUT2D eigenvalue weighted by Crippen LogP contribution is -2.41. The largest absolute Gasteiger partial charge is 0.274 e. The Labute approximate surface area is 205 Å². The number of nitrogens with zero attached hydrogens (tertiary/aromatic N) is 2. The van der Waals surface area contributed by atoms with Crippen molar-refractivity contribution in [3.05, 3.63) is 95.1 Å². The minimum Gasteiger partial charge on any atom is -0.274 e. The molecule has 2 amide bonds. The number of amides is 2. The van der Waals surface area contributed by atoms with Gasteiger partial charge in [-0.25, -0.2) is 13.3 Å². The average Bonchev–Trinajstić information content (AvgIpc) is 3.15.